The third kappa shape index (κ3) is 2.80. The first kappa shape index (κ1) is 12.4. The zero-order valence-corrected chi connectivity index (χ0v) is 10.7. The Kier molecular flexibility index (Phi) is 3.82. The largest absolute Gasteiger partial charge is 0.496 e. The topological polar surface area (TPSA) is 38.3 Å². The van der Waals surface area contributed by atoms with Gasteiger partial charge in [-0.1, -0.05) is 30.3 Å². The molecule has 0 saturated heterocycles. The molecule has 0 aliphatic heterocycles. The van der Waals surface area contributed by atoms with E-state index in [2.05, 4.69) is 29.6 Å². The summed E-state index contributed by atoms with van der Waals surface area (Å²) < 4.78 is 5.32. The number of rotatable bonds is 4. The molecular formula is C15H17NO2. The molecule has 0 saturated carbocycles. The minimum Gasteiger partial charge on any atom is -0.496 e. The molecule has 3 heteroatoms. The van der Waals surface area contributed by atoms with E-state index >= 15 is 0 Å². The Balaban J connectivity index is 2.20. The molecule has 0 aliphatic rings. The number of fused-ring (bicyclic) bond motifs is 1. The van der Waals surface area contributed by atoms with Crippen molar-refractivity contribution in [1.82, 2.24) is 5.32 Å². The summed E-state index contributed by atoms with van der Waals surface area (Å²) in [6.07, 6.45) is 0.840. The Bertz CT molecular complexity index is 563. The van der Waals surface area contributed by atoms with E-state index in [-0.39, 0.29) is 5.91 Å². The predicted octanol–water partition coefficient (Wildman–Crippen LogP) is 2.53. The van der Waals surface area contributed by atoms with Crippen LogP contribution in [0, 0.1) is 0 Å². The Hall–Kier alpha value is -2.03. The van der Waals surface area contributed by atoms with E-state index in [4.69, 9.17) is 4.74 Å². The molecule has 0 atom stereocenters. The zero-order valence-electron chi connectivity index (χ0n) is 10.7. The molecule has 0 spiro atoms. The molecule has 3 nitrogen and oxygen atoms in total. The molecule has 0 unspecified atom stereocenters. The van der Waals surface area contributed by atoms with Gasteiger partial charge in [0.25, 0.3) is 0 Å². The maximum absolute atomic E-state index is 10.8. The Morgan fingerprint density at radius 2 is 2.11 bits per heavy atom. The number of carbonyl (C=O) groups is 1. The van der Waals surface area contributed by atoms with Crippen LogP contribution in [0.2, 0.25) is 0 Å². The van der Waals surface area contributed by atoms with Crippen molar-refractivity contribution >= 4 is 16.7 Å². The van der Waals surface area contributed by atoms with Gasteiger partial charge in [0, 0.05) is 18.9 Å². The lowest BCUT2D eigenvalue weighted by Gasteiger charge is -2.07. The average molecular weight is 243 g/mol. The lowest BCUT2D eigenvalue weighted by atomic mass is 10.0. The summed E-state index contributed by atoms with van der Waals surface area (Å²) >= 11 is 0. The first-order valence-electron chi connectivity index (χ1n) is 6.01. The van der Waals surface area contributed by atoms with E-state index in [1.807, 2.05) is 12.1 Å². The second-order valence-electron chi connectivity index (χ2n) is 4.25. The van der Waals surface area contributed by atoms with Gasteiger partial charge in [-0.25, -0.2) is 0 Å². The molecule has 1 amide bonds. The predicted molar refractivity (Wildman–Crippen MR) is 72.9 cm³/mol. The van der Waals surface area contributed by atoms with E-state index in [1.54, 1.807) is 7.11 Å². The molecule has 2 rings (SSSR count). The van der Waals surface area contributed by atoms with Gasteiger partial charge < -0.3 is 10.1 Å². The highest BCUT2D eigenvalue weighted by molar-refractivity contribution is 5.88. The van der Waals surface area contributed by atoms with E-state index in [1.165, 1.54) is 12.5 Å². The van der Waals surface area contributed by atoms with Crippen LogP contribution in [-0.2, 0) is 11.2 Å². The van der Waals surface area contributed by atoms with Gasteiger partial charge in [0.15, 0.2) is 0 Å². The molecule has 2 aromatic carbocycles. The van der Waals surface area contributed by atoms with Crippen LogP contribution in [-0.4, -0.2) is 19.6 Å². The van der Waals surface area contributed by atoms with E-state index in [0.29, 0.717) is 6.54 Å². The average Bonchev–Trinajstić information content (AvgIpc) is 2.37. The summed E-state index contributed by atoms with van der Waals surface area (Å²) in [6.45, 7) is 2.20. The minimum absolute atomic E-state index is 0.0115. The highest BCUT2D eigenvalue weighted by atomic mass is 16.5. The van der Waals surface area contributed by atoms with Crippen molar-refractivity contribution in [2.45, 2.75) is 13.3 Å². The number of hydrogen-bond donors (Lipinski definition) is 1. The van der Waals surface area contributed by atoms with Crippen molar-refractivity contribution in [1.29, 1.82) is 0 Å². The quantitative estimate of drug-likeness (QED) is 0.896. The van der Waals surface area contributed by atoms with Crippen LogP contribution in [0.25, 0.3) is 10.8 Å². The normalized spacial score (nSPS) is 10.3. The van der Waals surface area contributed by atoms with Crippen molar-refractivity contribution in [3.63, 3.8) is 0 Å². The van der Waals surface area contributed by atoms with E-state index in [0.717, 1.165) is 22.9 Å². The van der Waals surface area contributed by atoms with Gasteiger partial charge in [-0.05, 0) is 23.4 Å². The molecular weight excluding hydrogens is 226 g/mol. The van der Waals surface area contributed by atoms with Crippen LogP contribution in [0.1, 0.15) is 12.5 Å². The summed E-state index contributed by atoms with van der Waals surface area (Å²) in [5.74, 6) is 0.901. The summed E-state index contributed by atoms with van der Waals surface area (Å²) in [6, 6.07) is 12.3. The van der Waals surface area contributed by atoms with Gasteiger partial charge in [-0.15, -0.1) is 0 Å². The van der Waals surface area contributed by atoms with Gasteiger partial charge in [0.05, 0.1) is 7.11 Å². The van der Waals surface area contributed by atoms with Gasteiger partial charge in [-0.2, -0.15) is 0 Å². The van der Waals surface area contributed by atoms with Crippen LogP contribution in [0.5, 0.6) is 5.75 Å². The lowest BCUT2D eigenvalue weighted by Crippen LogP contribution is -2.22. The van der Waals surface area contributed by atoms with Gasteiger partial charge in [0.2, 0.25) is 5.91 Å². The van der Waals surface area contributed by atoms with Crippen molar-refractivity contribution in [2.24, 2.45) is 0 Å². The number of methoxy groups -OCH3 is 1. The van der Waals surface area contributed by atoms with Crippen molar-refractivity contribution in [3.05, 3.63) is 42.0 Å². The fourth-order valence-electron chi connectivity index (χ4n) is 2.02. The van der Waals surface area contributed by atoms with Crippen LogP contribution < -0.4 is 10.1 Å². The lowest BCUT2D eigenvalue weighted by molar-refractivity contribution is -0.118. The fourth-order valence-corrected chi connectivity index (χ4v) is 2.02. The van der Waals surface area contributed by atoms with Crippen molar-refractivity contribution < 1.29 is 9.53 Å². The maximum atomic E-state index is 10.8. The number of amides is 1. The van der Waals surface area contributed by atoms with E-state index < -0.39 is 0 Å². The number of carbonyl (C=O) groups excluding carboxylic acids is 1. The molecule has 0 fully saturated rings. The summed E-state index contributed by atoms with van der Waals surface area (Å²) in [4.78, 5) is 10.8. The zero-order chi connectivity index (χ0) is 13.0. The van der Waals surface area contributed by atoms with Crippen LogP contribution >= 0.6 is 0 Å². The molecule has 0 radical (unpaired) electrons. The van der Waals surface area contributed by atoms with Crippen molar-refractivity contribution in [3.8, 4) is 5.75 Å². The van der Waals surface area contributed by atoms with Gasteiger partial charge in [-0.3, -0.25) is 4.79 Å². The van der Waals surface area contributed by atoms with E-state index in [9.17, 15) is 4.79 Å². The molecule has 1 N–H and O–H groups in total. The highest BCUT2D eigenvalue weighted by Gasteiger charge is 2.02. The first-order valence-corrected chi connectivity index (χ1v) is 6.01. The molecule has 0 heterocycles. The molecule has 18 heavy (non-hydrogen) atoms. The van der Waals surface area contributed by atoms with Gasteiger partial charge >= 0.3 is 0 Å². The van der Waals surface area contributed by atoms with Gasteiger partial charge in [0.1, 0.15) is 5.75 Å². The number of hydrogen-bond acceptors (Lipinski definition) is 2. The number of benzene rings is 2. The Labute approximate surface area is 107 Å². The Morgan fingerprint density at radius 1 is 1.28 bits per heavy atom. The SMILES string of the molecule is COc1cccc2cc(CCNC(C)=O)ccc12. The van der Waals surface area contributed by atoms with Crippen LogP contribution in [0.15, 0.2) is 36.4 Å². The summed E-state index contributed by atoms with van der Waals surface area (Å²) in [5, 5.41) is 5.08. The third-order valence-electron chi connectivity index (χ3n) is 2.91. The Morgan fingerprint density at radius 3 is 2.83 bits per heavy atom. The monoisotopic (exact) mass is 243 g/mol. The number of ether oxygens (including phenoxy) is 1. The molecule has 0 aliphatic carbocycles. The second kappa shape index (κ2) is 5.54. The molecule has 94 valence electrons. The maximum Gasteiger partial charge on any atom is 0.216 e. The summed E-state index contributed by atoms with van der Waals surface area (Å²) in [5.41, 5.74) is 1.21. The number of nitrogens with one attached hydrogen (secondary N) is 1. The standard InChI is InChI=1S/C15H17NO2/c1-11(17)16-9-8-12-6-7-14-13(10-12)4-3-5-15(14)18-2/h3-7,10H,8-9H2,1-2H3,(H,16,17). The molecule has 0 bridgehead atoms. The smallest absolute Gasteiger partial charge is 0.216 e. The van der Waals surface area contributed by atoms with Crippen LogP contribution in [0.4, 0.5) is 0 Å². The second-order valence-corrected chi connectivity index (χ2v) is 4.25. The van der Waals surface area contributed by atoms with Crippen LogP contribution in [0.3, 0.4) is 0 Å². The third-order valence-corrected chi connectivity index (χ3v) is 2.91. The fraction of sp³-hybridized carbons (Fsp3) is 0.267. The minimum atomic E-state index is 0.0115. The first-order chi connectivity index (χ1) is 8.70. The highest BCUT2D eigenvalue weighted by Crippen LogP contribution is 2.26. The summed E-state index contributed by atoms with van der Waals surface area (Å²) in [7, 11) is 1.68. The molecule has 0 aromatic heterocycles. The van der Waals surface area contributed by atoms with Crippen molar-refractivity contribution in [2.75, 3.05) is 13.7 Å². The molecule has 2 aromatic rings.